The molecule has 3 aromatic rings. The summed E-state index contributed by atoms with van der Waals surface area (Å²) < 4.78 is 2.72. The monoisotopic (exact) mass is 324 g/mol. The zero-order valence-electron chi connectivity index (χ0n) is 10.4. The molecule has 0 aliphatic carbocycles. The van der Waals surface area contributed by atoms with Crippen molar-refractivity contribution in [2.75, 3.05) is 0 Å². The zero-order valence-corrected chi connectivity index (χ0v) is 11.9. The molecular formula is C15H9BrN4. The molecule has 0 unspecified atom stereocenters. The Morgan fingerprint density at radius 3 is 2.55 bits per heavy atom. The lowest BCUT2D eigenvalue weighted by atomic mass is 10.2. The maximum absolute atomic E-state index is 9.06. The van der Waals surface area contributed by atoms with Crippen LogP contribution in [0.1, 0.15) is 5.69 Å². The minimum Gasteiger partial charge on any atom is -0.255 e. The van der Waals surface area contributed by atoms with E-state index in [0.29, 0.717) is 5.69 Å². The van der Waals surface area contributed by atoms with Gasteiger partial charge in [-0.15, -0.1) is 0 Å². The first-order valence-corrected chi connectivity index (χ1v) is 6.75. The number of halogens is 1. The molecule has 1 aromatic carbocycles. The number of pyridine rings is 1. The van der Waals surface area contributed by atoms with Crippen LogP contribution in [0.5, 0.6) is 0 Å². The third kappa shape index (κ3) is 2.33. The second-order valence-electron chi connectivity index (χ2n) is 4.13. The van der Waals surface area contributed by atoms with Crippen LogP contribution >= 0.6 is 15.9 Å². The average molecular weight is 325 g/mol. The Kier molecular flexibility index (Phi) is 3.32. The Hall–Kier alpha value is -2.45. The van der Waals surface area contributed by atoms with Crippen LogP contribution in [0.2, 0.25) is 0 Å². The second-order valence-corrected chi connectivity index (χ2v) is 5.05. The van der Waals surface area contributed by atoms with E-state index >= 15 is 0 Å². The van der Waals surface area contributed by atoms with Gasteiger partial charge in [-0.3, -0.25) is 4.98 Å². The number of hydrogen-bond donors (Lipinski definition) is 0. The number of nitriles is 1. The minimum atomic E-state index is 0.369. The first-order valence-electron chi connectivity index (χ1n) is 5.95. The lowest BCUT2D eigenvalue weighted by Crippen LogP contribution is -1.99. The Bertz CT molecular complexity index is 770. The summed E-state index contributed by atoms with van der Waals surface area (Å²) in [7, 11) is 0. The van der Waals surface area contributed by atoms with E-state index in [1.807, 2.05) is 42.5 Å². The summed E-state index contributed by atoms with van der Waals surface area (Å²) in [6.45, 7) is 0. The fourth-order valence-corrected chi connectivity index (χ4v) is 2.18. The fraction of sp³-hybridized carbons (Fsp3) is 0. The fourth-order valence-electron chi connectivity index (χ4n) is 1.91. The maximum atomic E-state index is 9.06. The quantitative estimate of drug-likeness (QED) is 0.724. The normalized spacial score (nSPS) is 10.2. The van der Waals surface area contributed by atoms with E-state index in [2.05, 4.69) is 32.1 Å². The summed E-state index contributed by atoms with van der Waals surface area (Å²) in [5, 5.41) is 13.4. The Morgan fingerprint density at radius 1 is 1.10 bits per heavy atom. The van der Waals surface area contributed by atoms with Crippen molar-refractivity contribution in [2.24, 2.45) is 0 Å². The molecule has 96 valence electrons. The van der Waals surface area contributed by atoms with Crippen molar-refractivity contribution >= 4 is 15.9 Å². The highest BCUT2D eigenvalue weighted by Crippen LogP contribution is 2.23. The highest BCUT2D eigenvalue weighted by molar-refractivity contribution is 9.10. The van der Waals surface area contributed by atoms with Crippen LogP contribution in [0.15, 0.2) is 59.2 Å². The van der Waals surface area contributed by atoms with E-state index in [4.69, 9.17) is 5.26 Å². The largest absolute Gasteiger partial charge is 0.255 e. The van der Waals surface area contributed by atoms with Gasteiger partial charge in [-0.25, -0.2) is 4.68 Å². The predicted octanol–water partition coefficient (Wildman–Crippen LogP) is 3.57. The molecular weight excluding hydrogens is 316 g/mol. The van der Waals surface area contributed by atoms with Crippen LogP contribution in [0.3, 0.4) is 0 Å². The maximum Gasteiger partial charge on any atom is 0.163 e. The molecule has 0 fully saturated rings. The number of rotatable bonds is 2. The van der Waals surface area contributed by atoms with E-state index in [9.17, 15) is 0 Å². The summed E-state index contributed by atoms with van der Waals surface area (Å²) in [5.74, 6) is 0. The highest BCUT2D eigenvalue weighted by Gasteiger charge is 2.12. The molecule has 0 radical (unpaired) electrons. The van der Waals surface area contributed by atoms with Crippen molar-refractivity contribution in [1.29, 1.82) is 5.26 Å². The van der Waals surface area contributed by atoms with Gasteiger partial charge in [-0.2, -0.15) is 10.4 Å². The summed E-state index contributed by atoms with van der Waals surface area (Å²) in [4.78, 5) is 4.32. The average Bonchev–Trinajstić information content (AvgIpc) is 2.93. The van der Waals surface area contributed by atoms with Gasteiger partial charge < -0.3 is 0 Å². The van der Waals surface area contributed by atoms with Gasteiger partial charge in [0.15, 0.2) is 5.69 Å². The molecule has 2 aromatic heterocycles. The molecule has 0 bridgehead atoms. The van der Waals surface area contributed by atoms with Gasteiger partial charge in [0.25, 0.3) is 0 Å². The van der Waals surface area contributed by atoms with E-state index in [-0.39, 0.29) is 0 Å². The van der Waals surface area contributed by atoms with Crippen molar-refractivity contribution in [3.8, 4) is 23.1 Å². The van der Waals surface area contributed by atoms with Crippen LogP contribution in [0, 0.1) is 11.3 Å². The lowest BCUT2D eigenvalue weighted by Gasteiger charge is -2.06. The molecule has 0 aliphatic rings. The van der Waals surface area contributed by atoms with Crippen LogP contribution in [-0.4, -0.2) is 14.8 Å². The number of hydrogen-bond acceptors (Lipinski definition) is 3. The van der Waals surface area contributed by atoms with Crippen molar-refractivity contribution in [3.63, 3.8) is 0 Å². The van der Waals surface area contributed by atoms with Crippen LogP contribution in [0.4, 0.5) is 0 Å². The number of benzene rings is 1. The Balaban J connectivity index is 2.18. The third-order valence-corrected chi connectivity index (χ3v) is 3.35. The molecule has 0 aliphatic heterocycles. The Morgan fingerprint density at radius 2 is 1.90 bits per heavy atom. The summed E-state index contributed by atoms with van der Waals surface area (Å²) in [6, 6.07) is 17.2. The third-order valence-electron chi connectivity index (χ3n) is 2.82. The highest BCUT2D eigenvalue weighted by atomic mass is 79.9. The summed E-state index contributed by atoms with van der Waals surface area (Å²) in [5.41, 5.74) is 2.83. The summed E-state index contributed by atoms with van der Waals surface area (Å²) in [6.07, 6.45) is 1.72. The second kappa shape index (κ2) is 5.27. The molecule has 0 spiro atoms. The van der Waals surface area contributed by atoms with Gasteiger partial charge in [-0.05, 0) is 36.4 Å². The van der Waals surface area contributed by atoms with Gasteiger partial charge in [0.05, 0.1) is 17.1 Å². The van der Waals surface area contributed by atoms with Crippen LogP contribution in [0.25, 0.3) is 17.1 Å². The first-order chi connectivity index (χ1) is 9.78. The molecule has 0 saturated carbocycles. The van der Waals surface area contributed by atoms with Gasteiger partial charge in [0.2, 0.25) is 0 Å². The van der Waals surface area contributed by atoms with Crippen molar-refractivity contribution < 1.29 is 0 Å². The molecule has 4 nitrogen and oxygen atoms in total. The van der Waals surface area contributed by atoms with Gasteiger partial charge >= 0.3 is 0 Å². The van der Waals surface area contributed by atoms with E-state index < -0.39 is 0 Å². The zero-order chi connectivity index (χ0) is 13.9. The topological polar surface area (TPSA) is 54.5 Å². The van der Waals surface area contributed by atoms with Crippen LogP contribution in [-0.2, 0) is 0 Å². The molecule has 0 atom stereocenters. The molecule has 2 heterocycles. The van der Waals surface area contributed by atoms with Crippen LogP contribution < -0.4 is 0 Å². The smallest absolute Gasteiger partial charge is 0.163 e. The molecule has 0 amide bonds. The first kappa shape index (κ1) is 12.6. The SMILES string of the molecule is N#Cc1cc(-c2ccccn2)n(-c2ccc(Br)cc2)n1. The molecule has 20 heavy (non-hydrogen) atoms. The molecule has 0 saturated heterocycles. The van der Waals surface area contributed by atoms with E-state index in [1.54, 1.807) is 16.9 Å². The van der Waals surface area contributed by atoms with Gasteiger partial charge in [0.1, 0.15) is 6.07 Å². The van der Waals surface area contributed by atoms with Crippen molar-refractivity contribution in [2.45, 2.75) is 0 Å². The summed E-state index contributed by atoms with van der Waals surface area (Å²) >= 11 is 3.41. The van der Waals surface area contributed by atoms with E-state index in [0.717, 1.165) is 21.5 Å². The standard InChI is InChI=1S/C15H9BrN4/c16-11-4-6-13(7-5-11)20-15(9-12(10-17)19-20)14-3-1-2-8-18-14/h1-9H. The molecule has 5 heteroatoms. The number of aromatic nitrogens is 3. The molecule has 0 N–H and O–H groups in total. The predicted molar refractivity (Wildman–Crippen MR) is 79.2 cm³/mol. The molecule has 3 rings (SSSR count). The van der Waals surface area contributed by atoms with Gasteiger partial charge in [0, 0.05) is 16.7 Å². The minimum absolute atomic E-state index is 0.369. The van der Waals surface area contributed by atoms with Crippen molar-refractivity contribution in [3.05, 3.63) is 64.9 Å². The number of nitrogens with zero attached hydrogens (tertiary/aromatic N) is 4. The van der Waals surface area contributed by atoms with Crippen molar-refractivity contribution in [1.82, 2.24) is 14.8 Å². The lowest BCUT2D eigenvalue weighted by molar-refractivity contribution is 0.876. The van der Waals surface area contributed by atoms with Gasteiger partial charge in [-0.1, -0.05) is 22.0 Å². The Labute approximate surface area is 124 Å². The van der Waals surface area contributed by atoms with E-state index in [1.165, 1.54) is 0 Å².